The number of anilines is 1. The average Bonchev–Trinajstić information content (AvgIpc) is 2.73. The normalized spacial score (nSPS) is 15.5. The molecule has 0 spiro atoms. The zero-order valence-corrected chi connectivity index (χ0v) is 18.7. The molecule has 3 rings (SSSR count). The molecule has 3 nitrogen and oxygen atoms in total. The van der Waals surface area contributed by atoms with Crippen LogP contribution in [-0.2, 0) is 23.7 Å². The van der Waals surface area contributed by atoms with Crippen molar-refractivity contribution >= 4 is 11.6 Å². The molecule has 0 N–H and O–H groups in total. The number of aryl methyl sites for hydroxylation is 1. The average molecular weight is 490 g/mol. The van der Waals surface area contributed by atoms with Gasteiger partial charge in [-0.2, -0.15) is 26.3 Å². The second-order valence-electron chi connectivity index (χ2n) is 8.73. The fraction of sp³-hybridized carbons (Fsp3) is 0.458. The standard InChI is InChI=1S/C24H25F7N2O/c1-15-9-20(25)3-4-21(15)33-7-5-16(6-8-33)12-22(34)32(2)14-17-10-18(23(26,27)28)13-19(11-17)24(29,30)31/h3-4,9-11,13,16H,5-8,12,14H2,1-2H3. The molecule has 0 unspecified atom stereocenters. The Morgan fingerprint density at radius 1 is 0.971 bits per heavy atom. The third kappa shape index (κ3) is 6.42. The highest BCUT2D eigenvalue weighted by molar-refractivity contribution is 5.76. The van der Waals surface area contributed by atoms with Crippen molar-refractivity contribution < 1.29 is 35.5 Å². The lowest BCUT2D eigenvalue weighted by molar-refractivity contribution is -0.143. The third-order valence-corrected chi connectivity index (χ3v) is 6.07. The van der Waals surface area contributed by atoms with Gasteiger partial charge < -0.3 is 9.80 Å². The highest BCUT2D eigenvalue weighted by atomic mass is 19.4. The number of rotatable bonds is 5. The van der Waals surface area contributed by atoms with Crippen LogP contribution in [0.2, 0.25) is 0 Å². The van der Waals surface area contributed by atoms with E-state index in [-0.39, 0.29) is 42.2 Å². The van der Waals surface area contributed by atoms with Crippen molar-refractivity contribution in [3.63, 3.8) is 0 Å². The van der Waals surface area contributed by atoms with Gasteiger partial charge in [-0.25, -0.2) is 4.39 Å². The van der Waals surface area contributed by atoms with Crippen LogP contribution >= 0.6 is 0 Å². The largest absolute Gasteiger partial charge is 0.416 e. The van der Waals surface area contributed by atoms with Crippen molar-refractivity contribution in [1.29, 1.82) is 0 Å². The first kappa shape index (κ1) is 25.8. The van der Waals surface area contributed by atoms with Gasteiger partial charge in [-0.3, -0.25) is 4.79 Å². The van der Waals surface area contributed by atoms with Crippen molar-refractivity contribution in [2.24, 2.45) is 5.92 Å². The van der Waals surface area contributed by atoms with E-state index in [0.717, 1.165) is 16.2 Å². The smallest absolute Gasteiger partial charge is 0.371 e. The van der Waals surface area contributed by atoms with Gasteiger partial charge in [-0.1, -0.05) is 0 Å². The molecule has 1 fully saturated rings. The Kier molecular flexibility index (Phi) is 7.47. The summed E-state index contributed by atoms with van der Waals surface area (Å²) in [4.78, 5) is 15.9. The molecule has 2 aromatic carbocycles. The molecule has 186 valence electrons. The zero-order valence-electron chi connectivity index (χ0n) is 18.7. The Balaban J connectivity index is 1.61. The summed E-state index contributed by atoms with van der Waals surface area (Å²) in [5, 5.41) is 0. The maximum atomic E-state index is 13.3. The van der Waals surface area contributed by atoms with Crippen LogP contribution in [-0.4, -0.2) is 30.9 Å². The summed E-state index contributed by atoms with van der Waals surface area (Å²) in [6.07, 6.45) is -8.33. The Morgan fingerprint density at radius 2 is 1.53 bits per heavy atom. The molecule has 1 amide bonds. The van der Waals surface area contributed by atoms with Crippen LogP contribution in [0, 0.1) is 18.7 Å². The van der Waals surface area contributed by atoms with E-state index in [2.05, 4.69) is 4.90 Å². The highest BCUT2D eigenvalue weighted by Gasteiger charge is 2.37. The van der Waals surface area contributed by atoms with Crippen molar-refractivity contribution in [2.45, 2.75) is 45.1 Å². The predicted octanol–water partition coefficient (Wildman–Crippen LogP) is 6.44. The molecule has 0 aliphatic carbocycles. The molecule has 0 aromatic heterocycles. The van der Waals surface area contributed by atoms with Gasteiger partial charge in [0.05, 0.1) is 11.1 Å². The highest BCUT2D eigenvalue weighted by Crippen LogP contribution is 2.36. The molecular formula is C24H25F7N2O. The molecule has 1 saturated heterocycles. The molecule has 1 heterocycles. The number of piperidine rings is 1. The lowest BCUT2D eigenvalue weighted by Gasteiger charge is -2.34. The van der Waals surface area contributed by atoms with Crippen LogP contribution in [0.3, 0.4) is 0 Å². The Morgan fingerprint density at radius 3 is 2.03 bits per heavy atom. The molecule has 0 radical (unpaired) electrons. The van der Waals surface area contributed by atoms with Crippen LogP contribution in [0.4, 0.5) is 36.4 Å². The van der Waals surface area contributed by atoms with E-state index < -0.39 is 23.5 Å². The Labute approximate surface area is 193 Å². The molecule has 10 heteroatoms. The summed E-state index contributed by atoms with van der Waals surface area (Å²) in [5.74, 6) is -0.616. The van der Waals surface area contributed by atoms with E-state index in [4.69, 9.17) is 0 Å². The number of amides is 1. The molecule has 0 atom stereocenters. The van der Waals surface area contributed by atoms with Crippen LogP contribution in [0.15, 0.2) is 36.4 Å². The van der Waals surface area contributed by atoms with Crippen LogP contribution in [0.5, 0.6) is 0 Å². The van der Waals surface area contributed by atoms with Crippen molar-refractivity contribution in [3.8, 4) is 0 Å². The van der Waals surface area contributed by atoms with E-state index in [1.54, 1.807) is 6.07 Å². The second kappa shape index (κ2) is 9.84. The third-order valence-electron chi connectivity index (χ3n) is 6.07. The van der Waals surface area contributed by atoms with Gasteiger partial charge in [-0.15, -0.1) is 0 Å². The minimum absolute atomic E-state index is 0.0409. The van der Waals surface area contributed by atoms with Crippen molar-refractivity contribution in [3.05, 3.63) is 64.5 Å². The number of alkyl halides is 6. The first-order valence-corrected chi connectivity index (χ1v) is 10.8. The first-order valence-electron chi connectivity index (χ1n) is 10.8. The number of hydrogen-bond acceptors (Lipinski definition) is 2. The zero-order chi connectivity index (χ0) is 25.3. The summed E-state index contributed by atoms with van der Waals surface area (Å²) < 4.78 is 91.8. The molecule has 0 saturated carbocycles. The van der Waals surface area contributed by atoms with Gasteiger partial charge in [-0.05, 0) is 73.2 Å². The monoisotopic (exact) mass is 490 g/mol. The van der Waals surface area contributed by atoms with Crippen molar-refractivity contribution in [1.82, 2.24) is 4.90 Å². The van der Waals surface area contributed by atoms with Gasteiger partial charge in [0.25, 0.3) is 0 Å². The quantitative estimate of drug-likeness (QED) is 0.451. The van der Waals surface area contributed by atoms with Gasteiger partial charge in [0, 0.05) is 38.8 Å². The summed E-state index contributed by atoms with van der Waals surface area (Å²) in [6, 6.07) is 5.92. The van der Waals surface area contributed by atoms with E-state index in [9.17, 15) is 35.5 Å². The number of nitrogens with zero attached hydrogens (tertiary/aromatic N) is 2. The molecular weight excluding hydrogens is 465 g/mol. The van der Waals surface area contributed by atoms with Crippen molar-refractivity contribution in [2.75, 3.05) is 25.0 Å². The van der Waals surface area contributed by atoms with Crippen LogP contribution in [0.25, 0.3) is 0 Å². The Bertz CT molecular complexity index is 993. The Hall–Kier alpha value is -2.78. The number of hydrogen-bond donors (Lipinski definition) is 0. The molecule has 2 aromatic rings. The summed E-state index contributed by atoms with van der Waals surface area (Å²) >= 11 is 0. The fourth-order valence-electron chi connectivity index (χ4n) is 4.23. The molecule has 1 aliphatic heterocycles. The van der Waals surface area contributed by atoms with Crippen LogP contribution < -0.4 is 4.90 Å². The van der Waals surface area contributed by atoms with Gasteiger partial charge in [0.15, 0.2) is 0 Å². The number of benzene rings is 2. The maximum absolute atomic E-state index is 13.3. The van der Waals surface area contributed by atoms with E-state index in [1.807, 2.05) is 6.92 Å². The predicted molar refractivity (Wildman–Crippen MR) is 114 cm³/mol. The lowest BCUT2D eigenvalue weighted by atomic mass is 9.92. The molecule has 1 aliphatic rings. The minimum atomic E-state index is -4.94. The summed E-state index contributed by atoms with van der Waals surface area (Å²) in [5.41, 5.74) is -1.30. The van der Waals surface area contributed by atoms with Gasteiger partial charge >= 0.3 is 12.4 Å². The number of carbonyl (C=O) groups is 1. The summed E-state index contributed by atoms with van der Waals surface area (Å²) in [7, 11) is 1.37. The fourth-order valence-corrected chi connectivity index (χ4v) is 4.23. The lowest BCUT2D eigenvalue weighted by Crippen LogP contribution is -2.36. The molecule has 0 bridgehead atoms. The van der Waals surface area contributed by atoms with E-state index >= 15 is 0 Å². The minimum Gasteiger partial charge on any atom is -0.371 e. The topological polar surface area (TPSA) is 23.6 Å². The maximum Gasteiger partial charge on any atom is 0.416 e. The number of carbonyl (C=O) groups excluding carboxylic acids is 1. The van der Waals surface area contributed by atoms with E-state index in [1.165, 1.54) is 19.2 Å². The van der Waals surface area contributed by atoms with Gasteiger partial charge in [0.1, 0.15) is 5.82 Å². The number of halogens is 7. The SMILES string of the molecule is Cc1cc(F)ccc1N1CCC(CC(=O)N(C)Cc2cc(C(F)(F)F)cc(C(F)(F)F)c2)CC1. The van der Waals surface area contributed by atoms with E-state index in [0.29, 0.717) is 38.1 Å². The van der Waals surface area contributed by atoms with Gasteiger partial charge in [0.2, 0.25) is 5.91 Å². The van der Waals surface area contributed by atoms with Crippen LogP contribution in [0.1, 0.15) is 41.5 Å². The second-order valence-corrected chi connectivity index (χ2v) is 8.73. The molecule has 34 heavy (non-hydrogen) atoms. The first-order chi connectivity index (χ1) is 15.7. The summed E-state index contributed by atoms with van der Waals surface area (Å²) in [6.45, 7) is 2.79.